The molecule has 0 aliphatic heterocycles. The summed E-state index contributed by atoms with van der Waals surface area (Å²) >= 11 is 0. The second kappa shape index (κ2) is 7.40. The third kappa shape index (κ3) is 4.56. The Balaban J connectivity index is 1.93. The third-order valence-corrected chi connectivity index (χ3v) is 3.42. The van der Waals surface area contributed by atoms with E-state index in [9.17, 15) is 0 Å². The Labute approximate surface area is 132 Å². The first-order chi connectivity index (χ1) is 10.5. The number of benzene rings is 1. The van der Waals surface area contributed by atoms with Crippen molar-refractivity contribution in [2.45, 2.75) is 40.3 Å². The van der Waals surface area contributed by atoms with Gasteiger partial charge in [0, 0.05) is 13.0 Å². The number of nitrogens with zero attached hydrogens (tertiary/aromatic N) is 3. The molecule has 0 unspecified atom stereocenters. The second-order valence-electron chi connectivity index (χ2n) is 6.18. The van der Waals surface area contributed by atoms with E-state index in [0.29, 0.717) is 12.5 Å². The Morgan fingerprint density at radius 2 is 2.05 bits per heavy atom. The standard InChI is InChI=1S/C17H25N3O2/c1-12(2)8-17-18-16(19-22-17)11-20(4)10-14-6-7-15(21-5)13(3)9-14/h6-7,9,12H,8,10-11H2,1-5H3. The summed E-state index contributed by atoms with van der Waals surface area (Å²) in [6.45, 7) is 7.84. The van der Waals surface area contributed by atoms with Crippen molar-refractivity contribution in [3.8, 4) is 5.75 Å². The molecular weight excluding hydrogens is 278 g/mol. The van der Waals surface area contributed by atoms with Crippen molar-refractivity contribution in [3.05, 3.63) is 41.0 Å². The van der Waals surface area contributed by atoms with Gasteiger partial charge < -0.3 is 9.26 Å². The van der Waals surface area contributed by atoms with Gasteiger partial charge in [0.1, 0.15) is 5.75 Å². The van der Waals surface area contributed by atoms with E-state index in [0.717, 1.165) is 36.0 Å². The third-order valence-electron chi connectivity index (χ3n) is 3.42. The number of methoxy groups -OCH3 is 1. The zero-order chi connectivity index (χ0) is 16.1. The number of aryl methyl sites for hydroxylation is 1. The van der Waals surface area contributed by atoms with Crippen LogP contribution in [0.2, 0.25) is 0 Å². The lowest BCUT2D eigenvalue weighted by molar-refractivity contribution is 0.298. The number of ether oxygens (including phenoxy) is 1. The molecule has 0 radical (unpaired) electrons. The van der Waals surface area contributed by atoms with Gasteiger partial charge in [0.05, 0.1) is 13.7 Å². The summed E-state index contributed by atoms with van der Waals surface area (Å²) in [6, 6.07) is 6.24. The summed E-state index contributed by atoms with van der Waals surface area (Å²) < 4.78 is 10.6. The molecule has 0 saturated carbocycles. The number of aromatic nitrogens is 2. The van der Waals surface area contributed by atoms with Gasteiger partial charge in [0.2, 0.25) is 5.89 Å². The summed E-state index contributed by atoms with van der Waals surface area (Å²) in [5, 5.41) is 4.05. The monoisotopic (exact) mass is 303 g/mol. The van der Waals surface area contributed by atoms with E-state index in [1.165, 1.54) is 5.56 Å². The Morgan fingerprint density at radius 3 is 2.68 bits per heavy atom. The van der Waals surface area contributed by atoms with Crippen molar-refractivity contribution in [1.29, 1.82) is 0 Å². The minimum atomic E-state index is 0.522. The molecule has 0 aliphatic rings. The van der Waals surface area contributed by atoms with E-state index >= 15 is 0 Å². The number of rotatable bonds is 7. The van der Waals surface area contributed by atoms with Crippen molar-refractivity contribution in [2.75, 3.05) is 14.2 Å². The lowest BCUT2D eigenvalue weighted by Gasteiger charge is -2.15. The molecule has 0 saturated heterocycles. The van der Waals surface area contributed by atoms with Gasteiger partial charge in [-0.05, 0) is 37.1 Å². The molecule has 0 aliphatic carbocycles. The van der Waals surface area contributed by atoms with Crippen LogP contribution in [0.3, 0.4) is 0 Å². The predicted octanol–water partition coefficient (Wildman–Crippen LogP) is 3.22. The molecule has 0 atom stereocenters. The van der Waals surface area contributed by atoms with Crippen LogP contribution in [-0.2, 0) is 19.5 Å². The van der Waals surface area contributed by atoms with Gasteiger partial charge in [-0.2, -0.15) is 4.98 Å². The van der Waals surface area contributed by atoms with Crippen LogP contribution in [0.25, 0.3) is 0 Å². The highest BCUT2D eigenvalue weighted by atomic mass is 16.5. The molecule has 5 nitrogen and oxygen atoms in total. The zero-order valence-corrected chi connectivity index (χ0v) is 14.1. The van der Waals surface area contributed by atoms with E-state index in [1.807, 2.05) is 6.07 Å². The van der Waals surface area contributed by atoms with Crippen LogP contribution in [0.5, 0.6) is 5.75 Å². The fourth-order valence-corrected chi connectivity index (χ4v) is 2.43. The summed E-state index contributed by atoms with van der Waals surface area (Å²) in [4.78, 5) is 6.61. The first-order valence-electron chi connectivity index (χ1n) is 7.61. The van der Waals surface area contributed by atoms with E-state index in [2.05, 4.69) is 55.0 Å². The van der Waals surface area contributed by atoms with Crippen LogP contribution in [0.1, 0.15) is 36.7 Å². The van der Waals surface area contributed by atoms with Crippen LogP contribution in [0.15, 0.2) is 22.7 Å². The van der Waals surface area contributed by atoms with Crippen molar-refractivity contribution in [3.63, 3.8) is 0 Å². The van der Waals surface area contributed by atoms with Crippen molar-refractivity contribution >= 4 is 0 Å². The molecule has 0 N–H and O–H groups in total. The first-order valence-corrected chi connectivity index (χ1v) is 7.61. The first kappa shape index (κ1) is 16.5. The fourth-order valence-electron chi connectivity index (χ4n) is 2.43. The molecule has 2 aromatic rings. The topological polar surface area (TPSA) is 51.4 Å². The Bertz CT molecular complexity index is 608. The maximum atomic E-state index is 5.29. The van der Waals surface area contributed by atoms with Crippen LogP contribution in [0, 0.1) is 12.8 Å². The smallest absolute Gasteiger partial charge is 0.226 e. The predicted molar refractivity (Wildman–Crippen MR) is 85.7 cm³/mol. The molecule has 0 fully saturated rings. The average Bonchev–Trinajstić information content (AvgIpc) is 2.85. The van der Waals surface area contributed by atoms with Gasteiger partial charge >= 0.3 is 0 Å². The summed E-state index contributed by atoms with van der Waals surface area (Å²) in [6.07, 6.45) is 0.828. The molecule has 1 aromatic carbocycles. The molecular formula is C17H25N3O2. The van der Waals surface area contributed by atoms with E-state index in [-0.39, 0.29) is 0 Å². The van der Waals surface area contributed by atoms with Crippen LogP contribution in [0.4, 0.5) is 0 Å². The quantitative estimate of drug-likeness (QED) is 0.786. The van der Waals surface area contributed by atoms with Gasteiger partial charge in [-0.15, -0.1) is 0 Å². The number of hydrogen-bond donors (Lipinski definition) is 0. The van der Waals surface area contributed by atoms with E-state index in [4.69, 9.17) is 9.26 Å². The minimum absolute atomic E-state index is 0.522. The van der Waals surface area contributed by atoms with Crippen LogP contribution in [-0.4, -0.2) is 29.2 Å². The molecule has 1 heterocycles. The lowest BCUT2D eigenvalue weighted by Crippen LogP contribution is -2.18. The lowest BCUT2D eigenvalue weighted by atomic mass is 10.1. The maximum absolute atomic E-state index is 5.29. The van der Waals surface area contributed by atoms with Gasteiger partial charge in [-0.3, -0.25) is 4.90 Å². The van der Waals surface area contributed by atoms with Gasteiger partial charge in [0.15, 0.2) is 5.82 Å². The Hall–Kier alpha value is -1.88. The normalized spacial score (nSPS) is 11.4. The molecule has 2 rings (SSSR count). The van der Waals surface area contributed by atoms with Crippen molar-refractivity contribution in [2.24, 2.45) is 5.92 Å². The number of hydrogen-bond acceptors (Lipinski definition) is 5. The SMILES string of the molecule is COc1ccc(CN(C)Cc2noc(CC(C)C)n2)cc1C. The van der Waals surface area contributed by atoms with E-state index < -0.39 is 0 Å². The summed E-state index contributed by atoms with van der Waals surface area (Å²) in [5.74, 6) is 2.90. The molecule has 1 aromatic heterocycles. The highest BCUT2D eigenvalue weighted by molar-refractivity contribution is 5.36. The van der Waals surface area contributed by atoms with Gasteiger partial charge in [-0.25, -0.2) is 0 Å². The Morgan fingerprint density at radius 1 is 1.27 bits per heavy atom. The molecule has 0 amide bonds. The van der Waals surface area contributed by atoms with Crippen molar-refractivity contribution < 1.29 is 9.26 Å². The van der Waals surface area contributed by atoms with Crippen LogP contribution >= 0.6 is 0 Å². The second-order valence-corrected chi connectivity index (χ2v) is 6.18. The van der Waals surface area contributed by atoms with Gasteiger partial charge in [-0.1, -0.05) is 31.1 Å². The average molecular weight is 303 g/mol. The Kier molecular flexibility index (Phi) is 5.55. The molecule has 120 valence electrons. The fraction of sp³-hybridized carbons (Fsp3) is 0.529. The highest BCUT2D eigenvalue weighted by Crippen LogP contribution is 2.19. The molecule has 0 spiro atoms. The molecule has 5 heteroatoms. The largest absolute Gasteiger partial charge is 0.496 e. The zero-order valence-electron chi connectivity index (χ0n) is 14.1. The molecule has 0 bridgehead atoms. The highest BCUT2D eigenvalue weighted by Gasteiger charge is 2.11. The maximum Gasteiger partial charge on any atom is 0.226 e. The summed E-state index contributed by atoms with van der Waals surface area (Å²) in [5.41, 5.74) is 2.39. The summed E-state index contributed by atoms with van der Waals surface area (Å²) in [7, 11) is 3.75. The molecule has 22 heavy (non-hydrogen) atoms. The van der Waals surface area contributed by atoms with E-state index in [1.54, 1.807) is 7.11 Å². The van der Waals surface area contributed by atoms with Crippen molar-refractivity contribution in [1.82, 2.24) is 15.0 Å². The van der Waals surface area contributed by atoms with Crippen LogP contribution < -0.4 is 4.74 Å². The van der Waals surface area contributed by atoms with Gasteiger partial charge in [0.25, 0.3) is 0 Å². The minimum Gasteiger partial charge on any atom is -0.496 e.